The number of hydrogen-bond donors (Lipinski definition) is 0. The largest absolute Gasteiger partial charge is 0.0614 e. The molecule has 0 N–H and O–H groups in total. The molecule has 0 unspecified atom stereocenters. The fraction of sp³-hybridized carbons (Fsp3) is 0.394. The molecule has 0 nitrogen and oxygen atoms in total. The Bertz CT molecular complexity index is 1090. The van der Waals surface area contributed by atoms with Gasteiger partial charge in [0.2, 0.25) is 0 Å². The predicted octanol–water partition coefficient (Wildman–Crippen LogP) is 9.98. The SMILES string of the molecule is CC(C)c1cccc2c(C(C)C)cc(Cc3cc(C(C)C)c4cccc(C(C)C)cc3-4)c-2c1. The van der Waals surface area contributed by atoms with Crippen molar-refractivity contribution < 1.29 is 0 Å². The van der Waals surface area contributed by atoms with Crippen LogP contribution in [0.4, 0.5) is 0 Å². The van der Waals surface area contributed by atoms with E-state index < -0.39 is 0 Å². The van der Waals surface area contributed by atoms with E-state index in [2.05, 4.69) is 116 Å². The molecular formula is C33H40. The summed E-state index contributed by atoms with van der Waals surface area (Å²) in [6, 6.07) is 23.6. The molecule has 33 heavy (non-hydrogen) atoms. The third-order valence-electron chi connectivity index (χ3n) is 7.24. The van der Waals surface area contributed by atoms with E-state index in [1.807, 2.05) is 0 Å². The summed E-state index contributed by atoms with van der Waals surface area (Å²) in [4.78, 5) is 0. The Morgan fingerprint density at radius 2 is 0.848 bits per heavy atom. The van der Waals surface area contributed by atoms with Gasteiger partial charge in [0, 0.05) is 0 Å². The van der Waals surface area contributed by atoms with E-state index in [1.165, 1.54) is 55.6 Å². The molecular weight excluding hydrogens is 396 g/mol. The van der Waals surface area contributed by atoms with Crippen molar-refractivity contribution in [2.24, 2.45) is 0 Å². The van der Waals surface area contributed by atoms with E-state index in [0.29, 0.717) is 23.7 Å². The van der Waals surface area contributed by atoms with Gasteiger partial charge < -0.3 is 0 Å². The van der Waals surface area contributed by atoms with Crippen LogP contribution in [0.3, 0.4) is 0 Å². The van der Waals surface area contributed by atoms with Gasteiger partial charge in [-0.15, -0.1) is 0 Å². The van der Waals surface area contributed by atoms with Gasteiger partial charge in [0.1, 0.15) is 0 Å². The average Bonchev–Trinajstić information content (AvgIpc) is 3.04. The van der Waals surface area contributed by atoms with Crippen LogP contribution in [0.25, 0.3) is 22.3 Å². The van der Waals surface area contributed by atoms with Gasteiger partial charge in [0.25, 0.3) is 0 Å². The van der Waals surface area contributed by atoms with Crippen molar-refractivity contribution in [3.63, 3.8) is 0 Å². The molecule has 0 spiro atoms. The Morgan fingerprint density at radius 3 is 1.18 bits per heavy atom. The third kappa shape index (κ3) is 4.58. The molecule has 0 aliphatic heterocycles. The molecule has 0 fully saturated rings. The maximum absolute atomic E-state index is 2.49. The van der Waals surface area contributed by atoms with Crippen molar-refractivity contribution in [2.45, 2.75) is 85.5 Å². The molecule has 0 aromatic heterocycles. The van der Waals surface area contributed by atoms with Gasteiger partial charge >= 0.3 is 0 Å². The second-order valence-corrected chi connectivity index (χ2v) is 11.0. The summed E-state index contributed by atoms with van der Waals surface area (Å²) in [6.07, 6.45) is 0.982. The maximum Gasteiger partial charge on any atom is -0.00132 e. The first kappa shape index (κ1) is 23.6. The molecule has 0 saturated heterocycles. The lowest BCUT2D eigenvalue weighted by Crippen LogP contribution is -1.90. The zero-order valence-corrected chi connectivity index (χ0v) is 21.8. The molecule has 0 aromatic carbocycles. The monoisotopic (exact) mass is 436 g/mol. The van der Waals surface area contributed by atoms with Crippen LogP contribution in [0.1, 0.15) is 112 Å². The topological polar surface area (TPSA) is 0 Å². The Kier molecular flexibility index (Phi) is 6.66. The highest BCUT2D eigenvalue weighted by Crippen LogP contribution is 2.42. The second-order valence-electron chi connectivity index (χ2n) is 11.0. The molecule has 0 radical (unpaired) electrons. The maximum atomic E-state index is 2.49. The summed E-state index contributed by atoms with van der Waals surface area (Å²) < 4.78 is 0. The average molecular weight is 437 g/mol. The highest BCUT2D eigenvalue weighted by atomic mass is 14.3. The van der Waals surface area contributed by atoms with Crippen LogP contribution in [-0.4, -0.2) is 0 Å². The van der Waals surface area contributed by atoms with Crippen LogP contribution >= 0.6 is 0 Å². The van der Waals surface area contributed by atoms with E-state index >= 15 is 0 Å². The van der Waals surface area contributed by atoms with Crippen molar-refractivity contribution in [1.29, 1.82) is 0 Å². The Balaban J connectivity index is 1.91. The fourth-order valence-electron chi connectivity index (χ4n) is 5.17. The quantitative estimate of drug-likeness (QED) is 0.282. The zero-order chi connectivity index (χ0) is 23.9. The number of rotatable bonds is 6. The number of fused-ring (bicyclic) bond motifs is 2. The predicted molar refractivity (Wildman–Crippen MR) is 145 cm³/mol. The van der Waals surface area contributed by atoms with Gasteiger partial charge in [-0.25, -0.2) is 0 Å². The van der Waals surface area contributed by atoms with Crippen molar-refractivity contribution in [3.05, 3.63) is 94.0 Å². The van der Waals surface area contributed by atoms with E-state index in [0.717, 1.165) is 6.42 Å². The molecule has 0 atom stereocenters. The zero-order valence-electron chi connectivity index (χ0n) is 21.8. The molecule has 0 heterocycles. The van der Waals surface area contributed by atoms with Crippen molar-refractivity contribution >= 4 is 0 Å². The molecule has 0 bridgehead atoms. The van der Waals surface area contributed by atoms with Crippen LogP contribution in [0, 0.1) is 0 Å². The Hall–Kier alpha value is -2.60. The number of hydrogen-bond acceptors (Lipinski definition) is 0. The van der Waals surface area contributed by atoms with Crippen molar-refractivity contribution in [1.82, 2.24) is 0 Å². The lowest BCUT2D eigenvalue weighted by Gasteiger charge is -2.08. The summed E-state index contributed by atoms with van der Waals surface area (Å²) in [5.41, 5.74) is 14.4. The van der Waals surface area contributed by atoms with Crippen LogP contribution in [0.5, 0.6) is 0 Å². The highest BCUT2D eigenvalue weighted by Gasteiger charge is 2.22. The summed E-state index contributed by atoms with van der Waals surface area (Å²) in [7, 11) is 0. The fourth-order valence-corrected chi connectivity index (χ4v) is 5.17. The lowest BCUT2D eigenvalue weighted by molar-refractivity contribution is 0.868. The van der Waals surface area contributed by atoms with Crippen LogP contribution < -0.4 is 0 Å². The van der Waals surface area contributed by atoms with Crippen LogP contribution in [0.15, 0.2) is 60.7 Å². The lowest BCUT2D eigenvalue weighted by atomic mass is 9.96. The van der Waals surface area contributed by atoms with E-state index in [-0.39, 0.29) is 0 Å². The summed E-state index contributed by atoms with van der Waals surface area (Å²) in [5, 5.41) is 0. The summed E-state index contributed by atoms with van der Waals surface area (Å²) >= 11 is 0. The minimum Gasteiger partial charge on any atom is -0.0614 e. The summed E-state index contributed by atoms with van der Waals surface area (Å²) in [6.45, 7) is 18.4. The molecule has 0 aromatic rings. The van der Waals surface area contributed by atoms with Crippen molar-refractivity contribution in [2.75, 3.05) is 0 Å². The van der Waals surface area contributed by atoms with Crippen LogP contribution in [-0.2, 0) is 6.42 Å². The minimum atomic E-state index is 0.513. The highest BCUT2D eigenvalue weighted by molar-refractivity contribution is 5.80. The van der Waals surface area contributed by atoms with E-state index in [4.69, 9.17) is 0 Å². The van der Waals surface area contributed by atoms with Crippen LogP contribution in [0.2, 0.25) is 0 Å². The smallest absolute Gasteiger partial charge is 0.00132 e. The molecule has 4 rings (SSSR count). The van der Waals surface area contributed by atoms with Gasteiger partial charge in [-0.1, -0.05) is 116 Å². The molecule has 4 aliphatic carbocycles. The first-order chi connectivity index (χ1) is 15.7. The molecule has 0 heteroatoms. The first-order valence-corrected chi connectivity index (χ1v) is 12.8. The Morgan fingerprint density at radius 1 is 0.455 bits per heavy atom. The molecule has 4 aliphatic rings. The molecule has 0 saturated carbocycles. The van der Waals surface area contributed by atoms with Crippen molar-refractivity contribution in [3.8, 4) is 22.3 Å². The third-order valence-corrected chi connectivity index (χ3v) is 7.24. The second kappa shape index (κ2) is 9.34. The van der Waals surface area contributed by atoms with Gasteiger partial charge in [0.15, 0.2) is 0 Å². The van der Waals surface area contributed by atoms with Gasteiger partial charge in [0.05, 0.1) is 0 Å². The summed E-state index contributed by atoms with van der Waals surface area (Å²) in [5.74, 6) is 2.06. The van der Waals surface area contributed by atoms with Gasteiger partial charge in [-0.3, -0.25) is 0 Å². The standard InChI is InChI=1S/C33H40/c1-20(2)24-11-9-13-28-30(22(5)6)18-26(32(28)16-24)15-27-19-31(23(7)8)29-14-10-12-25(21(3)4)17-33(27)29/h9-14,16-23H,15H2,1-8H3. The first-order valence-electron chi connectivity index (χ1n) is 12.8. The van der Waals surface area contributed by atoms with Gasteiger partial charge in [-0.2, -0.15) is 0 Å². The minimum absolute atomic E-state index is 0.513. The molecule has 172 valence electrons. The van der Waals surface area contributed by atoms with Gasteiger partial charge in [-0.05, 0) is 85.7 Å². The Labute approximate surface area is 201 Å². The van der Waals surface area contributed by atoms with E-state index in [9.17, 15) is 0 Å². The molecule has 0 amide bonds. The normalized spacial score (nSPS) is 12.2. The van der Waals surface area contributed by atoms with E-state index in [1.54, 1.807) is 0 Å².